The predicted molar refractivity (Wildman–Crippen MR) is 85.0 cm³/mol. The minimum Gasteiger partial charge on any atom is -0.454 e. The van der Waals surface area contributed by atoms with E-state index in [1.807, 2.05) is 0 Å². The molecule has 3 heterocycles. The van der Waals surface area contributed by atoms with Crippen LogP contribution in [0.15, 0.2) is 29.4 Å². The van der Waals surface area contributed by atoms with E-state index >= 15 is 0 Å². The fourth-order valence-electron chi connectivity index (χ4n) is 2.88. The van der Waals surface area contributed by atoms with E-state index in [4.69, 9.17) is 9.47 Å². The molecular formula is C16H14F2N4O4. The van der Waals surface area contributed by atoms with Gasteiger partial charge in [0.2, 0.25) is 12.5 Å². The topological polar surface area (TPSA) is 100 Å². The zero-order valence-corrected chi connectivity index (χ0v) is 13.6. The maximum absolute atomic E-state index is 13.3. The Morgan fingerprint density at radius 3 is 2.88 bits per heavy atom. The molecule has 0 radical (unpaired) electrons. The number of benzene rings is 1. The first-order chi connectivity index (χ1) is 12.4. The van der Waals surface area contributed by atoms with Crippen molar-refractivity contribution < 1.29 is 28.2 Å². The van der Waals surface area contributed by atoms with Gasteiger partial charge in [-0.3, -0.25) is 9.89 Å². The van der Waals surface area contributed by atoms with Gasteiger partial charge in [-0.15, -0.1) is 0 Å². The quantitative estimate of drug-likeness (QED) is 0.868. The van der Waals surface area contributed by atoms with Crippen molar-refractivity contribution in [2.45, 2.75) is 25.5 Å². The highest BCUT2D eigenvalue weighted by molar-refractivity contribution is 5.97. The molecule has 0 saturated heterocycles. The van der Waals surface area contributed by atoms with E-state index in [-0.39, 0.29) is 18.2 Å². The molecule has 26 heavy (non-hydrogen) atoms. The average molecular weight is 364 g/mol. The van der Waals surface area contributed by atoms with Gasteiger partial charge >= 0.3 is 0 Å². The van der Waals surface area contributed by atoms with Crippen LogP contribution in [0.5, 0.6) is 11.5 Å². The summed E-state index contributed by atoms with van der Waals surface area (Å²) < 4.78 is 37.0. The summed E-state index contributed by atoms with van der Waals surface area (Å²) in [6, 6.07) is 6.53. The smallest absolute Gasteiger partial charge is 0.294 e. The Balaban J connectivity index is 1.63. The fourth-order valence-corrected chi connectivity index (χ4v) is 2.88. The number of fused-ring (bicyclic) bond motifs is 1. The van der Waals surface area contributed by atoms with Gasteiger partial charge in [-0.05, 0) is 31.2 Å². The van der Waals surface area contributed by atoms with E-state index in [9.17, 15) is 18.7 Å². The van der Waals surface area contributed by atoms with Crippen molar-refractivity contribution in [1.29, 1.82) is 0 Å². The lowest BCUT2D eigenvalue weighted by Crippen LogP contribution is -2.51. The van der Waals surface area contributed by atoms with Crippen molar-refractivity contribution in [3.05, 3.63) is 30.0 Å². The number of nitrogens with one attached hydrogen (secondary N) is 1. The highest BCUT2D eigenvalue weighted by atomic mass is 19.3. The molecule has 1 atom stereocenters. The van der Waals surface area contributed by atoms with Crippen molar-refractivity contribution in [3.63, 3.8) is 0 Å². The summed E-state index contributed by atoms with van der Waals surface area (Å²) in [5, 5.41) is 20.8. The number of alkyl halides is 2. The van der Waals surface area contributed by atoms with E-state index in [1.54, 1.807) is 18.2 Å². The molecule has 2 aromatic rings. The first kappa shape index (κ1) is 16.5. The number of hydrazone groups is 1. The molecule has 1 aromatic carbocycles. The van der Waals surface area contributed by atoms with Gasteiger partial charge in [0.05, 0.1) is 5.69 Å². The number of aromatic nitrogens is 2. The summed E-state index contributed by atoms with van der Waals surface area (Å²) in [5.41, 5.74) is -1.45. The van der Waals surface area contributed by atoms with Crippen LogP contribution in [0.1, 0.15) is 23.8 Å². The molecule has 10 heteroatoms. The Hall–Kier alpha value is -3.01. The zero-order chi connectivity index (χ0) is 18.5. The molecule has 4 rings (SSSR count). The molecule has 2 N–H and O–H groups in total. The normalized spacial score (nSPS) is 21.4. The summed E-state index contributed by atoms with van der Waals surface area (Å²) in [6.45, 7) is 1.59. The number of carbonyl (C=O) groups excluding carboxylic acids is 1. The molecule has 8 nitrogen and oxygen atoms in total. The van der Waals surface area contributed by atoms with E-state index in [0.29, 0.717) is 27.8 Å². The highest BCUT2D eigenvalue weighted by Crippen LogP contribution is 2.36. The van der Waals surface area contributed by atoms with Crippen LogP contribution >= 0.6 is 0 Å². The van der Waals surface area contributed by atoms with Crippen LogP contribution in [0.25, 0.3) is 11.3 Å². The number of hydrogen-bond acceptors (Lipinski definition) is 6. The Morgan fingerprint density at radius 2 is 2.12 bits per heavy atom. The lowest BCUT2D eigenvalue weighted by Gasteiger charge is -2.29. The van der Waals surface area contributed by atoms with Crippen LogP contribution in [0.2, 0.25) is 0 Å². The highest BCUT2D eigenvalue weighted by Gasteiger charge is 2.51. The number of aliphatic hydroxyl groups is 1. The predicted octanol–water partition coefficient (Wildman–Crippen LogP) is 1.98. The van der Waals surface area contributed by atoms with Crippen molar-refractivity contribution >= 4 is 11.6 Å². The number of nitrogens with zero attached hydrogens (tertiary/aromatic N) is 3. The number of hydrogen-bond donors (Lipinski definition) is 2. The minimum absolute atomic E-state index is 0.0739. The third-order valence-corrected chi connectivity index (χ3v) is 4.17. The van der Waals surface area contributed by atoms with Crippen LogP contribution in [-0.2, 0) is 0 Å². The SMILES string of the molecule is CC1=NN(C(=O)c2cc(-c3ccc4c(c3)OCO4)n[nH]2)C(O)(C(F)F)C1. The van der Waals surface area contributed by atoms with Crippen LogP contribution in [0, 0.1) is 0 Å². The summed E-state index contributed by atoms with van der Waals surface area (Å²) in [7, 11) is 0. The number of amides is 1. The summed E-state index contributed by atoms with van der Waals surface area (Å²) in [4.78, 5) is 12.6. The summed E-state index contributed by atoms with van der Waals surface area (Å²) in [5.74, 6) is 0.249. The Labute approximate surface area is 146 Å². The van der Waals surface area contributed by atoms with E-state index in [0.717, 1.165) is 0 Å². The second-order valence-corrected chi connectivity index (χ2v) is 6.04. The number of H-pyrrole nitrogens is 1. The maximum atomic E-state index is 13.3. The molecule has 2 aliphatic rings. The third kappa shape index (κ3) is 2.49. The zero-order valence-electron chi connectivity index (χ0n) is 13.6. The number of aromatic amines is 1. The lowest BCUT2D eigenvalue weighted by atomic mass is 10.1. The number of ether oxygens (including phenoxy) is 2. The molecule has 0 aliphatic carbocycles. The second kappa shape index (κ2) is 5.77. The van der Waals surface area contributed by atoms with E-state index < -0.39 is 24.5 Å². The van der Waals surface area contributed by atoms with Crippen molar-refractivity contribution in [2.75, 3.05) is 6.79 Å². The molecule has 0 fully saturated rings. The molecule has 2 aliphatic heterocycles. The molecular weight excluding hydrogens is 350 g/mol. The molecule has 136 valence electrons. The minimum atomic E-state index is -3.16. The van der Waals surface area contributed by atoms with Gasteiger partial charge in [0.1, 0.15) is 5.69 Å². The second-order valence-electron chi connectivity index (χ2n) is 6.04. The number of rotatable bonds is 3. The Kier molecular flexibility index (Phi) is 3.65. The van der Waals surface area contributed by atoms with E-state index in [2.05, 4.69) is 15.3 Å². The number of halogens is 2. The van der Waals surface area contributed by atoms with Crippen molar-refractivity contribution in [1.82, 2.24) is 15.2 Å². The standard InChI is InChI=1S/C16H14F2N4O4/c1-8-6-16(24,15(17)18)22(21-8)14(23)11-5-10(19-20-11)9-2-3-12-13(4-9)26-7-25-12/h2-5,15,24H,6-7H2,1H3,(H,19,20). The first-order valence-corrected chi connectivity index (χ1v) is 7.73. The number of carbonyl (C=O) groups is 1. The van der Waals surface area contributed by atoms with Gasteiger partial charge in [-0.1, -0.05) is 0 Å². The van der Waals surface area contributed by atoms with E-state index in [1.165, 1.54) is 13.0 Å². The van der Waals surface area contributed by atoms with Gasteiger partial charge in [0, 0.05) is 17.7 Å². The summed E-state index contributed by atoms with van der Waals surface area (Å²) >= 11 is 0. The fraction of sp³-hybridized carbons (Fsp3) is 0.312. The van der Waals surface area contributed by atoms with Crippen molar-refractivity contribution in [3.8, 4) is 22.8 Å². The molecule has 0 saturated carbocycles. The monoisotopic (exact) mass is 364 g/mol. The Bertz CT molecular complexity index is 913. The maximum Gasteiger partial charge on any atom is 0.294 e. The van der Waals surface area contributed by atoms with Crippen LogP contribution in [-0.4, -0.2) is 50.9 Å². The summed E-state index contributed by atoms with van der Waals surface area (Å²) in [6.07, 6.45) is -3.58. The van der Waals surface area contributed by atoms with Gasteiger partial charge in [-0.2, -0.15) is 15.2 Å². The van der Waals surface area contributed by atoms with Gasteiger partial charge in [0.15, 0.2) is 11.5 Å². The molecule has 1 aromatic heterocycles. The first-order valence-electron chi connectivity index (χ1n) is 7.73. The largest absolute Gasteiger partial charge is 0.454 e. The van der Waals surface area contributed by atoms with Gasteiger partial charge in [-0.25, -0.2) is 8.78 Å². The molecule has 1 amide bonds. The van der Waals surface area contributed by atoms with Crippen LogP contribution < -0.4 is 9.47 Å². The third-order valence-electron chi connectivity index (χ3n) is 4.17. The van der Waals surface area contributed by atoms with Crippen LogP contribution in [0.4, 0.5) is 8.78 Å². The van der Waals surface area contributed by atoms with Crippen LogP contribution in [0.3, 0.4) is 0 Å². The van der Waals surface area contributed by atoms with Gasteiger partial charge < -0.3 is 14.6 Å². The molecule has 0 bridgehead atoms. The Morgan fingerprint density at radius 1 is 1.35 bits per heavy atom. The molecule has 0 spiro atoms. The average Bonchev–Trinajstić information content (AvgIpc) is 3.31. The molecule has 1 unspecified atom stereocenters. The lowest BCUT2D eigenvalue weighted by molar-refractivity contribution is -0.164. The van der Waals surface area contributed by atoms with Gasteiger partial charge in [0.25, 0.3) is 12.3 Å². The van der Waals surface area contributed by atoms with Crippen molar-refractivity contribution in [2.24, 2.45) is 5.10 Å².